The van der Waals surface area contributed by atoms with Gasteiger partial charge in [-0.1, -0.05) is 0 Å². The van der Waals surface area contributed by atoms with Crippen LogP contribution in [0.1, 0.15) is 0 Å². The van der Waals surface area contributed by atoms with Gasteiger partial charge in [0.1, 0.15) is 0 Å². The number of nitrogens with zero attached hydrogens (tertiary/aromatic N) is 1. The molecule has 0 saturated carbocycles. The van der Waals surface area contributed by atoms with E-state index in [0.29, 0.717) is 18.8 Å². The molecule has 0 aliphatic heterocycles. The summed E-state index contributed by atoms with van der Waals surface area (Å²) in [7, 11) is -5.27. The van der Waals surface area contributed by atoms with Crippen molar-refractivity contribution >= 4 is 25.4 Å². The Bertz CT molecular complexity index is 666. The van der Waals surface area contributed by atoms with E-state index in [2.05, 4.69) is 0 Å². The monoisotopic (exact) mass is 306 g/mol. The lowest BCUT2D eigenvalue weighted by atomic mass is 10.3. The minimum Gasteiger partial charge on any atom is -0.372 e. The van der Waals surface area contributed by atoms with Crippen molar-refractivity contribution in [3.63, 3.8) is 0 Å². The summed E-state index contributed by atoms with van der Waals surface area (Å²) < 4.78 is 46.6. The second kappa shape index (κ2) is 5.48. The van der Waals surface area contributed by atoms with Crippen LogP contribution in [0.15, 0.2) is 28.0 Å². The Kier molecular flexibility index (Phi) is 4.59. The number of nitrogens with two attached hydrogens (primary N) is 1. The molecule has 6 nitrogen and oxygen atoms in total. The van der Waals surface area contributed by atoms with Gasteiger partial charge in [0.25, 0.3) is 0 Å². The molecular formula is C11H18N2O4S2. The molecule has 1 aromatic carbocycles. The molecule has 0 atom stereocenters. The van der Waals surface area contributed by atoms with Gasteiger partial charge in [-0.15, -0.1) is 0 Å². The van der Waals surface area contributed by atoms with Crippen LogP contribution in [-0.2, 0) is 19.7 Å². The first-order chi connectivity index (χ1) is 8.57. The molecule has 0 radical (unpaired) electrons. The minimum absolute atomic E-state index is 0.00799. The highest BCUT2D eigenvalue weighted by molar-refractivity contribution is 7.91. The van der Waals surface area contributed by atoms with Crippen molar-refractivity contribution in [3.05, 3.63) is 18.2 Å². The van der Waals surface area contributed by atoms with Crippen LogP contribution in [-0.4, -0.2) is 49.5 Å². The first kappa shape index (κ1) is 15.9. The fourth-order valence-electron chi connectivity index (χ4n) is 1.65. The molecule has 0 aromatic heterocycles. The number of hydrogen-bond donors (Lipinski definition) is 1. The number of anilines is 1. The summed E-state index contributed by atoms with van der Waals surface area (Å²) in [6.45, 7) is 0.842. The molecule has 1 aromatic rings. The molecule has 0 saturated heterocycles. The van der Waals surface area contributed by atoms with Crippen molar-refractivity contribution in [2.24, 2.45) is 5.73 Å². The van der Waals surface area contributed by atoms with E-state index in [4.69, 9.17) is 5.73 Å². The molecular weight excluding hydrogens is 288 g/mol. The lowest BCUT2D eigenvalue weighted by Crippen LogP contribution is -2.26. The van der Waals surface area contributed by atoms with Crippen LogP contribution >= 0.6 is 0 Å². The molecule has 2 N–H and O–H groups in total. The minimum atomic E-state index is -3.53. The fraction of sp³-hybridized carbons (Fsp3) is 0.455. The third kappa shape index (κ3) is 3.92. The predicted molar refractivity (Wildman–Crippen MR) is 75.0 cm³/mol. The van der Waals surface area contributed by atoms with Gasteiger partial charge in [-0.25, -0.2) is 16.8 Å². The highest BCUT2D eigenvalue weighted by atomic mass is 32.2. The van der Waals surface area contributed by atoms with E-state index >= 15 is 0 Å². The molecule has 0 aliphatic rings. The Hall–Kier alpha value is -1.12. The van der Waals surface area contributed by atoms with Gasteiger partial charge in [0.2, 0.25) is 0 Å². The number of rotatable bonds is 5. The normalized spacial score (nSPS) is 12.4. The third-order valence-electron chi connectivity index (χ3n) is 2.63. The average Bonchev–Trinajstić information content (AvgIpc) is 2.26. The highest BCUT2D eigenvalue weighted by Gasteiger charge is 2.19. The van der Waals surface area contributed by atoms with E-state index in [9.17, 15) is 16.8 Å². The average molecular weight is 306 g/mol. The zero-order valence-corrected chi connectivity index (χ0v) is 12.8. The molecule has 0 heterocycles. The van der Waals surface area contributed by atoms with Crippen LogP contribution in [0.3, 0.4) is 0 Å². The van der Waals surface area contributed by atoms with Crippen molar-refractivity contribution in [3.8, 4) is 0 Å². The topological polar surface area (TPSA) is 97.5 Å². The van der Waals surface area contributed by atoms with Crippen LogP contribution in [0.2, 0.25) is 0 Å². The van der Waals surface area contributed by atoms with Gasteiger partial charge in [0, 0.05) is 32.6 Å². The molecule has 108 valence electrons. The Morgan fingerprint density at radius 1 is 1.11 bits per heavy atom. The fourth-order valence-corrected chi connectivity index (χ4v) is 3.32. The van der Waals surface area contributed by atoms with Gasteiger partial charge >= 0.3 is 0 Å². The molecule has 0 spiro atoms. The zero-order chi connectivity index (χ0) is 14.8. The summed E-state index contributed by atoms with van der Waals surface area (Å²) in [6.07, 6.45) is 2.09. The maximum atomic E-state index is 11.8. The summed E-state index contributed by atoms with van der Waals surface area (Å²) in [4.78, 5) is 1.66. The van der Waals surface area contributed by atoms with E-state index in [1.54, 1.807) is 11.9 Å². The number of likely N-dealkylation sites (N-methyl/N-ethyl adjacent to an activating group) is 1. The molecule has 8 heteroatoms. The predicted octanol–water partition coefficient (Wildman–Crippen LogP) is -0.111. The number of sulfone groups is 2. The highest BCUT2D eigenvalue weighted by Crippen LogP contribution is 2.27. The van der Waals surface area contributed by atoms with E-state index in [1.165, 1.54) is 18.2 Å². The second-order valence-corrected chi connectivity index (χ2v) is 8.38. The standard InChI is InChI=1S/C11H18N2O4S2/c1-13(7-6-12)10-5-4-9(18(2,14)15)8-11(10)19(3,16)17/h4-5,8H,6-7,12H2,1-3H3. The molecule has 0 aliphatic carbocycles. The molecule has 0 amide bonds. The summed E-state index contributed by atoms with van der Waals surface area (Å²) in [5.41, 5.74) is 5.88. The first-order valence-electron chi connectivity index (χ1n) is 5.52. The Labute approximate surface area is 114 Å². The molecule has 1 rings (SSSR count). The SMILES string of the molecule is CN(CCN)c1ccc(S(C)(=O)=O)cc1S(C)(=O)=O. The lowest BCUT2D eigenvalue weighted by Gasteiger charge is -2.21. The zero-order valence-electron chi connectivity index (χ0n) is 11.1. The van der Waals surface area contributed by atoms with E-state index in [-0.39, 0.29) is 9.79 Å². The Balaban J connectivity index is 3.51. The summed E-state index contributed by atoms with van der Waals surface area (Å²) >= 11 is 0. The first-order valence-corrected chi connectivity index (χ1v) is 9.31. The molecule has 0 bridgehead atoms. The maximum Gasteiger partial charge on any atom is 0.177 e. The molecule has 19 heavy (non-hydrogen) atoms. The third-order valence-corrected chi connectivity index (χ3v) is 4.87. The quantitative estimate of drug-likeness (QED) is 0.815. The van der Waals surface area contributed by atoms with Gasteiger partial charge < -0.3 is 10.6 Å². The van der Waals surface area contributed by atoms with E-state index < -0.39 is 19.7 Å². The number of benzene rings is 1. The van der Waals surface area contributed by atoms with E-state index in [0.717, 1.165) is 12.5 Å². The molecule has 0 unspecified atom stereocenters. The van der Waals surface area contributed by atoms with Crippen LogP contribution in [0.5, 0.6) is 0 Å². The largest absolute Gasteiger partial charge is 0.372 e. The van der Waals surface area contributed by atoms with Gasteiger partial charge in [0.15, 0.2) is 19.7 Å². The van der Waals surface area contributed by atoms with Crippen LogP contribution in [0.25, 0.3) is 0 Å². The number of hydrogen-bond acceptors (Lipinski definition) is 6. The molecule has 0 fully saturated rings. The van der Waals surface area contributed by atoms with Crippen molar-refractivity contribution in [1.82, 2.24) is 0 Å². The van der Waals surface area contributed by atoms with Crippen molar-refractivity contribution in [2.75, 3.05) is 37.5 Å². The Morgan fingerprint density at radius 2 is 1.68 bits per heavy atom. The smallest absolute Gasteiger partial charge is 0.177 e. The maximum absolute atomic E-state index is 11.8. The van der Waals surface area contributed by atoms with E-state index in [1.807, 2.05) is 0 Å². The summed E-state index contributed by atoms with van der Waals surface area (Å²) in [5, 5.41) is 0. The van der Waals surface area contributed by atoms with Crippen molar-refractivity contribution in [1.29, 1.82) is 0 Å². The van der Waals surface area contributed by atoms with Gasteiger partial charge in [-0.2, -0.15) is 0 Å². The van der Waals surface area contributed by atoms with Crippen molar-refractivity contribution < 1.29 is 16.8 Å². The van der Waals surface area contributed by atoms with Crippen LogP contribution in [0, 0.1) is 0 Å². The van der Waals surface area contributed by atoms with Crippen LogP contribution in [0.4, 0.5) is 5.69 Å². The lowest BCUT2D eigenvalue weighted by molar-refractivity contribution is 0.600. The summed E-state index contributed by atoms with van der Waals surface area (Å²) in [5.74, 6) is 0. The summed E-state index contributed by atoms with van der Waals surface area (Å²) in [6, 6.07) is 4.07. The van der Waals surface area contributed by atoms with Crippen molar-refractivity contribution in [2.45, 2.75) is 9.79 Å². The second-order valence-electron chi connectivity index (χ2n) is 4.38. The van der Waals surface area contributed by atoms with Gasteiger partial charge in [-0.05, 0) is 18.2 Å². The van der Waals surface area contributed by atoms with Crippen LogP contribution < -0.4 is 10.6 Å². The van der Waals surface area contributed by atoms with Gasteiger partial charge in [0.05, 0.1) is 15.5 Å². The van der Waals surface area contributed by atoms with Gasteiger partial charge in [-0.3, -0.25) is 0 Å². The Morgan fingerprint density at radius 3 is 2.11 bits per heavy atom.